The molecule has 20 heavy (non-hydrogen) atoms. The highest BCUT2D eigenvalue weighted by molar-refractivity contribution is 5.92. The smallest absolute Gasteiger partial charge is 0.248 e. The Labute approximate surface area is 121 Å². The number of phenols is 1. The van der Waals surface area contributed by atoms with Gasteiger partial charge in [-0.25, -0.2) is 0 Å². The maximum Gasteiger partial charge on any atom is 0.248 e. The van der Waals surface area contributed by atoms with E-state index >= 15 is 0 Å². The van der Waals surface area contributed by atoms with E-state index in [4.69, 9.17) is 10.8 Å². The molecule has 4 nitrogen and oxygen atoms in total. The number of hydrogen-bond acceptors (Lipinski definition) is 3. The van der Waals surface area contributed by atoms with Crippen LogP contribution in [0.25, 0.3) is 0 Å². The average molecular weight is 278 g/mol. The predicted octanol–water partition coefficient (Wildman–Crippen LogP) is 2.81. The van der Waals surface area contributed by atoms with E-state index in [0.717, 1.165) is 0 Å². The summed E-state index contributed by atoms with van der Waals surface area (Å²) >= 11 is 0. The second-order valence-corrected chi connectivity index (χ2v) is 6.66. The number of nitrogens with one attached hydrogen (secondary N) is 1. The van der Waals surface area contributed by atoms with Gasteiger partial charge in [-0.15, -0.1) is 0 Å². The summed E-state index contributed by atoms with van der Waals surface area (Å²) in [6, 6.07) is 5.77. The van der Waals surface area contributed by atoms with E-state index in [1.807, 2.05) is 0 Å². The molecule has 1 aromatic rings. The molecule has 1 heterocycles. The van der Waals surface area contributed by atoms with Crippen LogP contribution in [-0.2, 0) is 0 Å². The van der Waals surface area contributed by atoms with Gasteiger partial charge in [-0.05, 0) is 71.2 Å². The van der Waals surface area contributed by atoms with Crippen LogP contribution >= 0.6 is 0 Å². The molecule has 0 spiro atoms. The van der Waals surface area contributed by atoms with Crippen LogP contribution in [0, 0.1) is 0 Å². The molecule has 0 unspecified atom stereocenters. The molecule has 1 aliphatic heterocycles. The van der Waals surface area contributed by atoms with Crippen LogP contribution in [0.15, 0.2) is 24.3 Å². The summed E-state index contributed by atoms with van der Waals surface area (Å²) in [6.45, 7) is 9.14. The van der Waals surface area contributed by atoms with E-state index in [1.54, 1.807) is 0 Å². The summed E-state index contributed by atoms with van der Waals surface area (Å²) in [4.78, 5) is 10.5. The number of primary amides is 1. The van der Waals surface area contributed by atoms with Crippen LogP contribution in [0.3, 0.4) is 0 Å². The zero-order valence-electron chi connectivity index (χ0n) is 12.9. The standard InChI is InChI=1S/C9H19N.C7H7NO2/c1-8(2)6-5-7-9(3,4)10-8;8-7(10)5-1-3-6(9)4-2-5/h10H,5-7H2,1-4H3;1-4,9H,(H2,8,10). The molecule has 4 heteroatoms. The zero-order chi connectivity index (χ0) is 15.4. The van der Waals surface area contributed by atoms with Crippen molar-refractivity contribution >= 4 is 5.91 Å². The number of carbonyl (C=O) groups excluding carboxylic acids is 1. The van der Waals surface area contributed by atoms with E-state index in [2.05, 4.69) is 33.0 Å². The Morgan fingerprint density at radius 1 is 1.10 bits per heavy atom. The third-order valence-electron chi connectivity index (χ3n) is 3.43. The lowest BCUT2D eigenvalue weighted by Crippen LogP contribution is -2.55. The molecule has 0 atom stereocenters. The topological polar surface area (TPSA) is 75.3 Å². The number of aromatic hydroxyl groups is 1. The number of benzene rings is 1. The van der Waals surface area contributed by atoms with Gasteiger partial charge in [-0.2, -0.15) is 0 Å². The largest absolute Gasteiger partial charge is 0.508 e. The van der Waals surface area contributed by atoms with E-state index in [0.29, 0.717) is 16.6 Å². The zero-order valence-corrected chi connectivity index (χ0v) is 12.9. The van der Waals surface area contributed by atoms with Gasteiger partial charge in [-0.1, -0.05) is 0 Å². The molecule has 1 aliphatic rings. The molecular weight excluding hydrogens is 252 g/mol. The molecule has 1 aromatic carbocycles. The van der Waals surface area contributed by atoms with Gasteiger partial charge in [0.05, 0.1) is 0 Å². The molecule has 4 N–H and O–H groups in total. The minimum Gasteiger partial charge on any atom is -0.508 e. The molecule has 112 valence electrons. The third kappa shape index (κ3) is 5.61. The lowest BCUT2D eigenvalue weighted by Gasteiger charge is -2.42. The highest BCUT2D eigenvalue weighted by Crippen LogP contribution is 2.27. The second kappa shape index (κ2) is 6.27. The van der Waals surface area contributed by atoms with Crippen molar-refractivity contribution in [1.29, 1.82) is 0 Å². The molecule has 0 saturated carbocycles. The number of carbonyl (C=O) groups is 1. The molecule has 0 radical (unpaired) electrons. The lowest BCUT2D eigenvalue weighted by molar-refractivity contribution is 0.100. The Bertz CT molecular complexity index is 436. The van der Waals surface area contributed by atoms with Crippen molar-refractivity contribution < 1.29 is 9.90 Å². The number of hydrogen-bond donors (Lipinski definition) is 3. The number of rotatable bonds is 1. The average Bonchev–Trinajstić information content (AvgIpc) is 2.27. The van der Waals surface area contributed by atoms with Crippen LogP contribution in [0.1, 0.15) is 57.3 Å². The summed E-state index contributed by atoms with van der Waals surface area (Å²) in [5, 5.41) is 12.4. The highest BCUT2D eigenvalue weighted by Gasteiger charge is 2.31. The number of piperidine rings is 1. The van der Waals surface area contributed by atoms with Gasteiger partial charge >= 0.3 is 0 Å². The Balaban J connectivity index is 0.000000200. The van der Waals surface area contributed by atoms with Gasteiger partial charge in [0, 0.05) is 16.6 Å². The van der Waals surface area contributed by atoms with Gasteiger partial charge in [-0.3, -0.25) is 4.79 Å². The van der Waals surface area contributed by atoms with Gasteiger partial charge in [0.15, 0.2) is 0 Å². The van der Waals surface area contributed by atoms with Crippen LogP contribution in [0.5, 0.6) is 5.75 Å². The molecule has 2 rings (SSSR count). The summed E-state index contributed by atoms with van der Waals surface area (Å²) in [5.41, 5.74) is 6.07. The quantitative estimate of drug-likeness (QED) is 0.739. The molecule has 0 aliphatic carbocycles. The molecule has 1 fully saturated rings. The first-order valence-corrected chi connectivity index (χ1v) is 6.99. The third-order valence-corrected chi connectivity index (χ3v) is 3.43. The van der Waals surface area contributed by atoms with Crippen molar-refractivity contribution in [2.24, 2.45) is 5.73 Å². The first kappa shape index (κ1) is 16.5. The first-order chi connectivity index (χ1) is 9.11. The number of phenolic OH excluding ortho intramolecular Hbond substituents is 1. The molecule has 1 amide bonds. The summed E-state index contributed by atoms with van der Waals surface area (Å²) in [6.07, 6.45) is 4.00. The van der Waals surface area contributed by atoms with Crippen molar-refractivity contribution in [3.05, 3.63) is 29.8 Å². The number of amides is 1. The van der Waals surface area contributed by atoms with E-state index in [9.17, 15) is 4.79 Å². The van der Waals surface area contributed by atoms with Crippen molar-refractivity contribution in [2.75, 3.05) is 0 Å². The maximum absolute atomic E-state index is 10.5. The monoisotopic (exact) mass is 278 g/mol. The first-order valence-electron chi connectivity index (χ1n) is 6.99. The van der Waals surface area contributed by atoms with Crippen LogP contribution < -0.4 is 11.1 Å². The van der Waals surface area contributed by atoms with Gasteiger partial charge in [0.2, 0.25) is 5.91 Å². The maximum atomic E-state index is 10.5. The number of nitrogens with two attached hydrogens (primary N) is 1. The molecular formula is C16H26N2O2. The minimum atomic E-state index is -0.486. The highest BCUT2D eigenvalue weighted by atomic mass is 16.3. The Hall–Kier alpha value is -1.55. The Morgan fingerprint density at radius 3 is 1.85 bits per heavy atom. The van der Waals surface area contributed by atoms with Crippen LogP contribution in [0.4, 0.5) is 0 Å². The van der Waals surface area contributed by atoms with Gasteiger partial charge in [0.1, 0.15) is 5.75 Å². The molecule has 0 aromatic heterocycles. The van der Waals surface area contributed by atoms with Crippen molar-refractivity contribution in [3.8, 4) is 5.75 Å². The van der Waals surface area contributed by atoms with Gasteiger partial charge in [0.25, 0.3) is 0 Å². The van der Waals surface area contributed by atoms with Crippen LogP contribution in [0.2, 0.25) is 0 Å². The normalized spacial score (nSPS) is 19.6. The van der Waals surface area contributed by atoms with Crippen LogP contribution in [-0.4, -0.2) is 22.1 Å². The van der Waals surface area contributed by atoms with E-state index < -0.39 is 5.91 Å². The van der Waals surface area contributed by atoms with Crippen molar-refractivity contribution in [2.45, 2.75) is 58.0 Å². The second-order valence-electron chi connectivity index (χ2n) is 6.66. The lowest BCUT2D eigenvalue weighted by atomic mass is 9.83. The fourth-order valence-corrected chi connectivity index (χ4v) is 2.64. The summed E-state index contributed by atoms with van der Waals surface area (Å²) in [7, 11) is 0. The minimum absolute atomic E-state index is 0.130. The summed E-state index contributed by atoms with van der Waals surface area (Å²) < 4.78 is 0. The fraction of sp³-hybridized carbons (Fsp3) is 0.562. The van der Waals surface area contributed by atoms with Crippen molar-refractivity contribution in [1.82, 2.24) is 5.32 Å². The Morgan fingerprint density at radius 2 is 1.55 bits per heavy atom. The van der Waals surface area contributed by atoms with E-state index in [1.165, 1.54) is 43.5 Å². The van der Waals surface area contributed by atoms with Crippen molar-refractivity contribution in [3.63, 3.8) is 0 Å². The fourth-order valence-electron chi connectivity index (χ4n) is 2.64. The predicted molar refractivity (Wildman–Crippen MR) is 81.8 cm³/mol. The molecule has 0 bridgehead atoms. The Kier molecular flexibility index (Phi) is 5.17. The molecule has 1 saturated heterocycles. The summed E-state index contributed by atoms with van der Waals surface area (Å²) in [5.74, 6) is -0.356. The van der Waals surface area contributed by atoms with Gasteiger partial charge < -0.3 is 16.2 Å². The SMILES string of the molecule is CC1(C)CCCC(C)(C)N1.NC(=O)c1ccc(O)cc1. The van der Waals surface area contributed by atoms with E-state index in [-0.39, 0.29) is 5.75 Å².